The quantitative estimate of drug-likeness (QED) is 0.428. The van der Waals surface area contributed by atoms with E-state index in [1.807, 2.05) is 0 Å². The minimum atomic E-state index is -0.730. The zero-order valence-corrected chi connectivity index (χ0v) is 13.2. The molecule has 0 spiro atoms. The molecule has 0 aliphatic heterocycles. The van der Waals surface area contributed by atoms with Gasteiger partial charge in [-0.3, -0.25) is 15.0 Å². The Bertz CT molecular complexity index is 769. The number of hydrogen-bond donors (Lipinski definition) is 3. The molecule has 2 rings (SSSR count). The fraction of sp³-hybridized carbons (Fsp3) is 0.167. The van der Waals surface area contributed by atoms with Crippen molar-refractivity contribution in [1.29, 1.82) is 5.41 Å². The number of hydrogen-bond acceptors (Lipinski definition) is 3. The summed E-state index contributed by atoms with van der Waals surface area (Å²) < 4.78 is 0. The highest BCUT2D eigenvalue weighted by molar-refractivity contribution is 6.04. The average molecular weight is 324 g/mol. The number of carbonyl (C=O) groups excluding carboxylic acids is 2. The standard InChI is InChI=1S/C18H18N3O3/c1-11(16(23)15-4-2-3-12(9-15)10-22)21-18(24)14-7-5-13(6-8-14)17(19)20/h2-9,11H,10H2,1H3,(H3,19,20)(H,21,24)/t11-/m0/s1. The number of amidine groups is 1. The Labute approximate surface area is 139 Å². The van der Waals surface area contributed by atoms with Crippen molar-refractivity contribution in [1.82, 2.24) is 5.32 Å². The molecule has 0 saturated carbocycles. The summed E-state index contributed by atoms with van der Waals surface area (Å²) in [7, 11) is 0. The first-order chi connectivity index (χ1) is 11.4. The van der Waals surface area contributed by atoms with Crippen LogP contribution in [0.15, 0.2) is 48.5 Å². The van der Waals surface area contributed by atoms with Gasteiger partial charge in [-0.1, -0.05) is 30.3 Å². The van der Waals surface area contributed by atoms with E-state index < -0.39 is 18.6 Å². The zero-order valence-electron chi connectivity index (χ0n) is 13.2. The average Bonchev–Trinajstić information content (AvgIpc) is 2.61. The first-order valence-electron chi connectivity index (χ1n) is 7.39. The molecular formula is C18H18N3O3. The van der Waals surface area contributed by atoms with Gasteiger partial charge in [-0.15, -0.1) is 0 Å². The van der Waals surface area contributed by atoms with Gasteiger partial charge in [0.1, 0.15) is 12.4 Å². The number of carbonyl (C=O) groups is 2. The van der Waals surface area contributed by atoms with Crippen molar-refractivity contribution in [3.05, 3.63) is 70.8 Å². The van der Waals surface area contributed by atoms with Gasteiger partial charge in [0.25, 0.3) is 5.91 Å². The highest BCUT2D eigenvalue weighted by Gasteiger charge is 2.18. The summed E-state index contributed by atoms with van der Waals surface area (Å²) >= 11 is 0. The monoisotopic (exact) mass is 324 g/mol. The largest absolute Gasteiger partial charge is 0.384 e. The summed E-state index contributed by atoms with van der Waals surface area (Å²) in [5.74, 6) is -0.742. The van der Waals surface area contributed by atoms with Crippen molar-refractivity contribution in [3.8, 4) is 0 Å². The van der Waals surface area contributed by atoms with Gasteiger partial charge in [-0.05, 0) is 30.7 Å². The fourth-order valence-electron chi connectivity index (χ4n) is 2.21. The molecule has 0 fully saturated rings. The number of rotatable bonds is 6. The van der Waals surface area contributed by atoms with Crippen molar-refractivity contribution < 1.29 is 14.7 Å². The molecule has 0 aromatic heterocycles. The van der Waals surface area contributed by atoms with Crippen LogP contribution in [0.25, 0.3) is 0 Å². The topological polar surface area (TPSA) is 116 Å². The maximum Gasteiger partial charge on any atom is 0.251 e. The van der Waals surface area contributed by atoms with Gasteiger partial charge in [0.15, 0.2) is 5.78 Å². The van der Waals surface area contributed by atoms with Crippen LogP contribution in [0.5, 0.6) is 0 Å². The van der Waals surface area contributed by atoms with E-state index >= 15 is 0 Å². The predicted octanol–water partition coefficient (Wildman–Crippen LogP) is 1.90. The third-order valence-corrected chi connectivity index (χ3v) is 3.58. The molecule has 2 aromatic rings. The Hall–Kier alpha value is -2.99. The second-order valence-electron chi connectivity index (χ2n) is 5.40. The van der Waals surface area contributed by atoms with Crippen molar-refractivity contribution in [2.24, 2.45) is 5.73 Å². The second-order valence-corrected chi connectivity index (χ2v) is 5.40. The van der Waals surface area contributed by atoms with Crippen molar-refractivity contribution in [3.63, 3.8) is 0 Å². The van der Waals surface area contributed by atoms with Crippen molar-refractivity contribution in [2.75, 3.05) is 0 Å². The number of ketones is 1. The third-order valence-electron chi connectivity index (χ3n) is 3.58. The third kappa shape index (κ3) is 4.05. The molecule has 4 N–H and O–H groups in total. The van der Waals surface area contributed by atoms with E-state index in [9.17, 15) is 14.7 Å². The van der Waals surface area contributed by atoms with Gasteiger partial charge < -0.3 is 11.1 Å². The van der Waals surface area contributed by atoms with Gasteiger partial charge in [0, 0.05) is 16.7 Å². The predicted molar refractivity (Wildman–Crippen MR) is 89.5 cm³/mol. The SMILES string of the molecule is C[C@H](NC(=O)c1ccc(C(=N)N)cc1)C(=O)c1cccc(C[O])c1. The van der Waals surface area contributed by atoms with Crippen LogP contribution in [0.4, 0.5) is 0 Å². The smallest absolute Gasteiger partial charge is 0.251 e. The van der Waals surface area contributed by atoms with Gasteiger partial charge in [-0.2, -0.15) is 0 Å². The Morgan fingerprint density at radius 2 is 1.71 bits per heavy atom. The van der Waals surface area contributed by atoms with E-state index in [1.54, 1.807) is 55.5 Å². The summed E-state index contributed by atoms with van der Waals surface area (Å²) in [6.45, 7) is 1.19. The molecule has 1 amide bonds. The molecule has 0 bridgehead atoms. The van der Waals surface area contributed by atoms with E-state index in [4.69, 9.17) is 11.1 Å². The molecule has 6 heteroatoms. The lowest BCUT2D eigenvalue weighted by Crippen LogP contribution is -2.38. The molecule has 0 heterocycles. The lowest BCUT2D eigenvalue weighted by molar-refractivity contribution is 0.0865. The van der Waals surface area contributed by atoms with Crippen molar-refractivity contribution in [2.45, 2.75) is 19.6 Å². The van der Waals surface area contributed by atoms with Gasteiger partial charge in [0.2, 0.25) is 0 Å². The normalized spacial score (nSPS) is 11.6. The van der Waals surface area contributed by atoms with Crippen LogP contribution in [0.2, 0.25) is 0 Å². The Morgan fingerprint density at radius 1 is 1.08 bits per heavy atom. The molecule has 24 heavy (non-hydrogen) atoms. The highest BCUT2D eigenvalue weighted by Crippen LogP contribution is 2.09. The molecule has 0 aliphatic carbocycles. The van der Waals surface area contributed by atoms with Crippen LogP contribution >= 0.6 is 0 Å². The van der Waals surface area contributed by atoms with Gasteiger partial charge >= 0.3 is 0 Å². The first kappa shape index (κ1) is 17.4. The molecular weight excluding hydrogens is 306 g/mol. The second kappa shape index (κ2) is 7.52. The summed E-state index contributed by atoms with van der Waals surface area (Å²) in [6.07, 6.45) is 0. The maximum absolute atomic E-state index is 12.4. The number of benzene rings is 2. The van der Waals surface area contributed by atoms with Crippen LogP contribution in [0, 0.1) is 5.41 Å². The van der Waals surface area contributed by atoms with E-state index in [2.05, 4.69) is 5.32 Å². The van der Waals surface area contributed by atoms with Crippen LogP contribution in [0.3, 0.4) is 0 Å². The van der Waals surface area contributed by atoms with Crippen LogP contribution in [-0.2, 0) is 11.7 Å². The molecule has 0 saturated heterocycles. The number of nitrogen functional groups attached to an aromatic ring is 1. The number of Topliss-reactive ketones (excluding diaryl/α,β-unsaturated/α-hetero) is 1. The molecule has 6 nitrogen and oxygen atoms in total. The van der Waals surface area contributed by atoms with E-state index in [1.165, 1.54) is 0 Å². The molecule has 1 radical (unpaired) electrons. The molecule has 123 valence electrons. The summed E-state index contributed by atoms with van der Waals surface area (Å²) in [6, 6.07) is 12.0. The van der Waals surface area contributed by atoms with Gasteiger partial charge in [-0.25, -0.2) is 5.11 Å². The van der Waals surface area contributed by atoms with Crippen molar-refractivity contribution >= 4 is 17.5 Å². The Kier molecular flexibility index (Phi) is 5.44. The lowest BCUT2D eigenvalue weighted by atomic mass is 10.0. The van der Waals surface area contributed by atoms with Crippen LogP contribution < -0.4 is 11.1 Å². The summed E-state index contributed by atoms with van der Waals surface area (Å²) in [4.78, 5) is 24.6. The van der Waals surface area contributed by atoms with E-state index in [0.717, 1.165) is 0 Å². The van der Waals surface area contributed by atoms with E-state index in [-0.39, 0.29) is 11.6 Å². The fourth-order valence-corrected chi connectivity index (χ4v) is 2.21. The first-order valence-corrected chi connectivity index (χ1v) is 7.39. The Balaban J connectivity index is 2.07. The van der Waals surface area contributed by atoms with E-state index in [0.29, 0.717) is 22.3 Å². The number of nitrogens with two attached hydrogens (primary N) is 1. The maximum atomic E-state index is 12.4. The zero-order chi connectivity index (χ0) is 17.7. The highest BCUT2D eigenvalue weighted by atomic mass is 16.3. The molecule has 0 aliphatic rings. The molecule has 0 unspecified atom stereocenters. The number of nitrogens with one attached hydrogen (secondary N) is 2. The van der Waals surface area contributed by atoms with Gasteiger partial charge in [0.05, 0.1) is 6.04 Å². The Morgan fingerprint density at radius 3 is 2.29 bits per heavy atom. The molecule has 2 aromatic carbocycles. The number of amides is 1. The van der Waals surface area contributed by atoms with Crippen LogP contribution in [-0.4, -0.2) is 23.6 Å². The summed E-state index contributed by atoms with van der Waals surface area (Å²) in [5, 5.41) is 20.9. The molecule has 1 atom stereocenters. The van der Waals surface area contributed by atoms with Crippen LogP contribution in [0.1, 0.15) is 38.8 Å². The lowest BCUT2D eigenvalue weighted by Gasteiger charge is -2.13. The summed E-state index contributed by atoms with van der Waals surface area (Å²) in [5.41, 5.74) is 7.17. The minimum absolute atomic E-state index is 0.0799. The minimum Gasteiger partial charge on any atom is -0.384 e.